The summed E-state index contributed by atoms with van der Waals surface area (Å²) in [6.45, 7) is 10.7. The van der Waals surface area contributed by atoms with Crippen LogP contribution < -0.4 is 5.32 Å². The highest BCUT2D eigenvalue weighted by atomic mass is 14.8. The first-order valence-corrected chi connectivity index (χ1v) is 8.11. The van der Waals surface area contributed by atoms with E-state index in [1.807, 2.05) is 0 Å². The molecule has 3 unspecified atom stereocenters. The second-order valence-corrected chi connectivity index (χ2v) is 7.64. The van der Waals surface area contributed by atoms with Gasteiger partial charge in [-0.3, -0.25) is 0 Å². The van der Waals surface area contributed by atoms with Gasteiger partial charge < -0.3 is 5.32 Å². The molecule has 0 bridgehead atoms. The minimum atomic E-state index is 0.502. The van der Waals surface area contributed by atoms with Gasteiger partial charge in [-0.15, -0.1) is 0 Å². The highest BCUT2D eigenvalue weighted by Crippen LogP contribution is 2.40. The number of nitrogens with one attached hydrogen (secondary N) is 1. The maximum absolute atomic E-state index is 3.41. The Labute approximate surface area is 115 Å². The monoisotopic (exact) mass is 253 g/mol. The van der Waals surface area contributed by atoms with Crippen LogP contribution >= 0.6 is 0 Å². The molecular formula is C17H35N. The van der Waals surface area contributed by atoms with Crippen LogP contribution in [0, 0.1) is 23.2 Å². The van der Waals surface area contributed by atoms with Crippen molar-refractivity contribution in [3.8, 4) is 0 Å². The Kier molecular flexibility index (Phi) is 6.70. The largest absolute Gasteiger partial charge is 0.319 e. The van der Waals surface area contributed by atoms with Crippen LogP contribution in [0.15, 0.2) is 0 Å². The highest BCUT2D eigenvalue weighted by molar-refractivity contribution is 4.82. The summed E-state index contributed by atoms with van der Waals surface area (Å²) in [5, 5.41) is 3.41. The predicted molar refractivity (Wildman–Crippen MR) is 81.8 cm³/mol. The van der Waals surface area contributed by atoms with Gasteiger partial charge in [-0.25, -0.2) is 0 Å². The Bertz CT molecular complexity index is 216. The first kappa shape index (κ1) is 16.0. The molecule has 0 heterocycles. The number of hydrogen-bond donors (Lipinski definition) is 1. The molecule has 0 saturated heterocycles. The summed E-state index contributed by atoms with van der Waals surface area (Å²) in [5.74, 6) is 2.93. The molecule has 0 aliphatic heterocycles. The third-order valence-corrected chi connectivity index (χ3v) is 4.68. The van der Waals surface area contributed by atoms with Crippen molar-refractivity contribution < 1.29 is 0 Å². The van der Waals surface area contributed by atoms with E-state index in [0.29, 0.717) is 5.41 Å². The van der Waals surface area contributed by atoms with E-state index in [9.17, 15) is 0 Å². The molecule has 0 aromatic heterocycles. The second kappa shape index (κ2) is 7.53. The molecule has 0 amide bonds. The highest BCUT2D eigenvalue weighted by Gasteiger charge is 2.30. The lowest BCUT2D eigenvalue weighted by molar-refractivity contribution is 0.146. The van der Waals surface area contributed by atoms with E-state index >= 15 is 0 Å². The van der Waals surface area contributed by atoms with E-state index in [0.717, 1.165) is 17.8 Å². The number of rotatable bonds is 6. The van der Waals surface area contributed by atoms with E-state index in [1.165, 1.54) is 51.5 Å². The average molecular weight is 253 g/mol. The quantitative estimate of drug-likeness (QED) is 0.712. The van der Waals surface area contributed by atoms with Crippen molar-refractivity contribution in [3.63, 3.8) is 0 Å². The summed E-state index contributed by atoms with van der Waals surface area (Å²) in [6, 6.07) is 0. The van der Waals surface area contributed by atoms with Crippen molar-refractivity contribution in [1.82, 2.24) is 5.32 Å². The minimum Gasteiger partial charge on any atom is -0.319 e. The van der Waals surface area contributed by atoms with Crippen LogP contribution in [0.25, 0.3) is 0 Å². The van der Waals surface area contributed by atoms with E-state index in [-0.39, 0.29) is 0 Å². The first-order valence-electron chi connectivity index (χ1n) is 8.11. The van der Waals surface area contributed by atoms with Crippen molar-refractivity contribution in [3.05, 3.63) is 0 Å². The number of hydrogen-bond acceptors (Lipinski definition) is 1. The van der Waals surface area contributed by atoms with Gasteiger partial charge >= 0.3 is 0 Å². The minimum absolute atomic E-state index is 0.502. The normalized spacial score (nSPS) is 29.5. The zero-order chi connectivity index (χ0) is 13.6. The Hall–Kier alpha value is -0.0400. The Balaban J connectivity index is 2.49. The van der Waals surface area contributed by atoms with Gasteiger partial charge in [-0.1, -0.05) is 47.0 Å². The van der Waals surface area contributed by atoms with Gasteiger partial charge in [-0.2, -0.15) is 0 Å². The Morgan fingerprint density at radius 1 is 1.06 bits per heavy atom. The van der Waals surface area contributed by atoms with Crippen LogP contribution in [-0.2, 0) is 0 Å². The molecule has 1 N–H and O–H groups in total. The Morgan fingerprint density at radius 2 is 1.78 bits per heavy atom. The fourth-order valence-corrected chi connectivity index (χ4v) is 3.60. The molecule has 3 atom stereocenters. The molecule has 0 spiro atoms. The molecule has 1 aliphatic rings. The SMILES string of the molecule is CCCC1CCC(CNC)C(CCC(C)(C)C)C1. The van der Waals surface area contributed by atoms with Crippen LogP contribution in [-0.4, -0.2) is 13.6 Å². The summed E-state index contributed by atoms with van der Waals surface area (Å²) in [4.78, 5) is 0. The summed E-state index contributed by atoms with van der Waals surface area (Å²) in [5.41, 5.74) is 0.502. The summed E-state index contributed by atoms with van der Waals surface area (Å²) in [7, 11) is 2.11. The van der Waals surface area contributed by atoms with Gasteiger partial charge in [0.05, 0.1) is 0 Å². The molecular weight excluding hydrogens is 218 g/mol. The molecule has 1 saturated carbocycles. The maximum Gasteiger partial charge on any atom is -0.00209 e. The van der Waals surface area contributed by atoms with Crippen molar-refractivity contribution in [2.45, 2.75) is 72.6 Å². The summed E-state index contributed by atoms with van der Waals surface area (Å²) in [6.07, 6.45) is 10.1. The molecule has 1 heteroatoms. The van der Waals surface area contributed by atoms with Crippen LogP contribution in [0.2, 0.25) is 0 Å². The standard InChI is InChI=1S/C17H35N/c1-6-7-14-8-9-16(13-18-5)15(12-14)10-11-17(2,3)4/h14-16,18H,6-13H2,1-5H3. The fourth-order valence-electron chi connectivity index (χ4n) is 3.60. The fraction of sp³-hybridized carbons (Fsp3) is 1.00. The third-order valence-electron chi connectivity index (χ3n) is 4.68. The summed E-state index contributed by atoms with van der Waals surface area (Å²) >= 11 is 0. The molecule has 0 aromatic rings. The lowest BCUT2D eigenvalue weighted by Crippen LogP contribution is -2.32. The van der Waals surface area contributed by atoms with Crippen LogP contribution in [0.1, 0.15) is 72.6 Å². The summed E-state index contributed by atoms with van der Waals surface area (Å²) < 4.78 is 0. The van der Waals surface area contributed by atoms with Crippen LogP contribution in [0.3, 0.4) is 0 Å². The van der Waals surface area contributed by atoms with Gasteiger partial charge in [0.2, 0.25) is 0 Å². The van der Waals surface area contributed by atoms with Crippen molar-refractivity contribution in [2.24, 2.45) is 23.2 Å². The molecule has 18 heavy (non-hydrogen) atoms. The zero-order valence-corrected chi connectivity index (χ0v) is 13.4. The van der Waals surface area contributed by atoms with Gasteiger partial charge in [0.25, 0.3) is 0 Å². The molecule has 0 radical (unpaired) electrons. The second-order valence-electron chi connectivity index (χ2n) is 7.64. The topological polar surface area (TPSA) is 12.0 Å². The van der Waals surface area contributed by atoms with Crippen molar-refractivity contribution >= 4 is 0 Å². The van der Waals surface area contributed by atoms with E-state index in [2.05, 4.69) is 40.1 Å². The maximum atomic E-state index is 3.41. The van der Waals surface area contributed by atoms with Crippen molar-refractivity contribution in [1.29, 1.82) is 0 Å². The van der Waals surface area contributed by atoms with Crippen LogP contribution in [0.4, 0.5) is 0 Å². The molecule has 1 nitrogen and oxygen atoms in total. The first-order chi connectivity index (χ1) is 8.46. The van der Waals surface area contributed by atoms with E-state index < -0.39 is 0 Å². The molecule has 1 rings (SSSR count). The lowest BCUT2D eigenvalue weighted by Gasteiger charge is -2.37. The van der Waals surface area contributed by atoms with Gasteiger partial charge in [0.1, 0.15) is 0 Å². The van der Waals surface area contributed by atoms with Crippen molar-refractivity contribution in [2.75, 3.05) is 13.6 Å². The zero-order valence-electron chi connectivity index (χ0n) is 13.4. The van der Waals surface area contributed by atoms with E-state index in [4.69, 9.17) is 0 Å². The third kappa shape index (κ3) is 5.73. The molecule has 1 aliphatic carbocycles. The molecule has 0 aromatic carbocycles. The van der Waals surface area contributed by atoms with E-state index in [1.54, 1.807) is 0 Å². The van der Waals surface area contributed by atoms with Gasteiger partial charge in [0, 0.05) is 0 Å². The van der Waals surface area contributed by atoms with Crippen LogP contribution in [0.5, 0.6) is 0 Å². The Morgan fingerprint density at radius 3 is 2.33 bits per heavy atom. The molecule has 108 valence electrons. The van der Waals surface area contributed by atoms with Gasteiger partial charge in [-0.05, 0) is 62.4 Å². The predicted octanol–water partition coefficient (Wildman–Crippen LogP) is 4.86. The average Bonchev–Trinajstić information content (AvgIpc) is 2.29. The van der Waals surface area contributed by atoms with Gasteiger partial charge in [0.15, 0.2) is 0 Å². The lowest BCUT2D eigenvalue weighted by atomic mass is 9.69. The smallest absolute Gasteiger partial charge is 0.00209 e. The molecule has 1 fully saturated rings.